The summed E-state index contributed by atoms with van der Waals surface area (Å²) in [5.74, 6) is -1.73. The molecule has 0 saturated heterocycles. The van der Waals surface area contributed by atoms with Crippen LogP contribution in [0, 0.1) is 11.6 Å². The molecule has 0 N–H and O–H groups in total. The molecule has 1 aromatic carbocycles. The number of benzene rings is 1. The van der Waals surface area contributed by atoms with Crippen LogP contribution in [0.2, 0.25) is 5.15 Å². The molecule has 0 bridgehead atoms. The Bertz CT molecular complexity index is 482. The third-order valence-corrected chi connectivity index (χ3v) is 2.20. The fourth-order valence-corrected chi connectivity index (χ4v) is 1.33. The van der Waals surface area contributed by atoms with E-state index in [1.807, 2.05) is 0 Å². The molecule has 0 radical (unpaired) electrons. The smallest absolute Gasteiger partial charge is 0.159 e. The maximum atomic E-state index is 12.9. The zero-order valence-corrected chi connectivity index (χ0v) is 8.30. The van der Waals surface area contributed by atoms with Crippen molar-refractivity contribution in [1.82, 2.24) is 4.98 Å². The van der Waals surface area contributed by atoms with E-state index in [2.05, 4.69) is 4.98 Å². The Labute approximate surface area is 90.3 Å². The molecule has 0 aliphatic rings. The predicted octanol–water partition coefficient (Wildman–Crippen LogP) is 3.68. The van der Waals surface area contributed by atoms with Gasteiger partial charge in [-0.15, -0.1) is 0 Å². The summed E-state index contributed by atoms with van der Waals surface area (Å²) in [6.07, 6.45) is 1.51. The minimum atomic E-state index is -0.873. The molecule has 0 spiro atoms. The van der Waals surface area contributed by atoms with E-state index < -0.39 is 11.6 Å². The molecule has 76 valence electrons. The Hall–Kier alpha value is -1.48. The van der Waals surface area contributed by atoms with E-state index in [4.69, 9.17) is 11.6 Å². The van der Waals surface area contributed by atoms with E-state index in [0.29, 0.717) is 16.3 Å². The first kappa shape index (κ1) is 10.1. The van der Waals surface area contributed by atoms with Crippen molar-refractivity contribution in [3.63, 3.8) is 0 Å². The number of hydrogen-bond acceptors (Lipinski definition) is 1. The first-order valence-corrected chi connectivity index (χ1v) is 4.61. The molecule has 15 heavy (non-hydrogen) atoms. The normalized spacial score (nSPS) is 10.3. The van der Waals surface area contributed by atoms with Gasteiger partial charge in [0, 0.05) is 11.8 Å². The van der Waals surface area contributed by atoms with Gasteiger partial charge >= 0.3 is 0 Å². The quantitative estimate of drug-likeness (QED) is 0.675. The molecular weight excluding hydrogens is 220 g/mol. The lowest BCUT2D eigenvalue weighted by atomic mass is 10.1. The van der Waals surface area contributed by atoms with Crippen LogP contribution in [0.25, 0.3) is 11.1 Å². The SMILES string of the molecule is Fc1ccc(-c2ccc(Cl)nc2)cc1F. The summed E-state index contributed by atoms with van der Waals surface area (Å²) in [6.45, 7) is 0. The van der Waals surface area contributed by atoms with Crippen molar-refractivity contribution in [3.8, 4) is 11.1 Å². The van der Waals surface area contributed by atoms with Crippen LogP contribution in [-0.4, -0.2) is 4.98 Å². The zero-order chi connectivity index (χ0) is 10.8. The van der Waals surface area contributed by atoms with Gasteiger partial charge in [0.15, 0.2) is 11.6 Å². The monoisotopic (exact) mass is 225 g/mol. The van der Waals surface area contributed by atoms with Crippen molar-refractivity contribution in [3.05, 3.63) is 53.3 Å². The van der Waals surface area contributed by atoms with Gasteiger partial charge in [-0.3, -0.25) is 0 Å². The molecule has 0 aliphatic carbocycles. The number of hydrogen-bond donors (Lipinski definition) is 0. The summed E-state index contributed by atoms with van der Waals surface area (Å²) >= 11 is 5.61. The van der Waals surface area contributed by atoms with Gasteiger partial charge in [0.2, 0.25) is 0 Å². The highest BCUT2D eigenvalue weighted by atomic mass is 35.5. The molecule has 1 nitrogen and oxygen atoms in total. The molecule has 0 atom stereocenters. The van der Waals surface area contributed by atoms with Gasteiger partial charge in [0.25, 0.3) is 0 Å². The average molecular weight is 226 g/mol. The molecule has 0 amide bonds. The second-order valence-electron chi connectivity index (χ2n) is 3.00. The Balaban J connectivity index is 2.45. The predicted molar refractivity (Wildman–Crippen MR) is 54.6 cm³/mol. The molecule has 0 aliphatic heterocycles. The van der Waals surface area contributed by atoms with Gasteiger partial charge in [-0.2, -0.15) is 0 Å². The fraction of sp³-hybridized carbons (Fsp3) is 0. The number of nitrogens with zero attached hydrogens (tertiary/aromatic N) is 1. The van der Waals surface area contributed by atoms with E-state index in [0.717, 1.165) is 12.1 Å². The van der Waals surface area contributed by atoms with Crippen LogP contribution in [0.3, 0.4) is 0 Å². The van der Waals surface area contributed by atoms with E-state index >= 15 is 0 Å². The van der Waals surface area contributed by atoms with Crippen LogP contribution in [0.4, 0.5) is 8.78 Å². The minimum Gasteiger partial charge on any atom is -0.244 e. The van der Waals surface area contributed by atoms with Crippen molar-refractivity contribution in [2.45, 2.75) is 0 Å². The summed E-state index contributed by atoms with van der Waals surface area (Å²) < 4.78 is 25.6. The first-order chi connectivity index (χ1) is 7.16. The van der Waals surface area contributed by atoms with Gasteiger partial charge in [-0.05, 0) is 29.8 Å². The summed E-state index contributed by atoms with van der Waals surface area (Å²) in [5.41, 5.74) is 1.26. The largest absolute Gasteiger partial charge is 0.244 e. The number of aromatic nitrogens is 1. The van der Waals surface area contributed by atoms with Crippen molar-refractivity contribution in [1.29, 1.82) is 0 Å². The van der Waals surface area contributed by atoms with Crippen LogP contribution >= 0.6 is 11.6 Å². The molecule has 2 rings (SSSR count). The molecule has 1 heterocycles. The van der Waals surface area contributed by atoms with Gasteiger partial charge < -0.3 is 0 Å². The minimum absolute atomic E-state index is 0.362. The topological polar surface area (TPSA) is 12.9 Å². The third-order valence-electron chi connectivity index (χ3n) is 1.98. The highest BCUT2D eigenvalue weighted by molar-refractivity contribution is 6.29. The van der Waals surface area contributed by atoms with Crippen LogP contribution in [-0.2, 0) is 0 Å². The number of halogens is 3. The van der Waals surface area contributed by atoms with Crippen LogP contribution < -0.4 is 0 Å². The Morgan fingerprint density at radius 3 is 2.27 bits per heavy atom. The lowest BCUT2D eigenvalue weighted by Crippen LogP contribution is -1.86. The molecule has 0 unspecified atom stereocenters. The summed E-state index contributed by atoms with van der Waals surface area (Å²) in [6, 6.07) is 6.99. The van der Waals surface area contributed by atoms with E-state index in [9.17, 15) is 8.78 Å². The van der Waals surface area contributed by atoms with E-state index in [1.165, 1.54) is 12.3 Å². The summed E-state index contributed by atoms with van der Waals surface area (Å²) in [4.78, 5) is 3.86. The zero-order valence-electron chi connectivity index (χ0n) is 7.55. The second kappa shape index (κ2) is 3.95. The number of pyridine rings is 1. The molecule has 0 saturated carbocycles. The second-order valence-corrected chi connectivity index (χ2v) is 3.39. The average Bonchev–Trinajstić information content (AvgIpc) is 2.23. The van der Waals surface area contributed by atoms with Crippen LogP contribution in [0.5, 0.6) is 0 Å². The van der Waals surface area contributed by atoms with Gasteiger partial charge in [0.05, 0.1) is 0 Å². The number of rotatable bonds is 1. The van der Waals surface area contributed by atoms with Crippen molar-refractivity contribution >= 4 is 11.6 Å². The van der Waals surface area contributed by atoms with Crippen molar-refractivity contribution in [2.75, 3.05) is 0 Å². The molecule has 2 aromatic rings. The van der Waals surface area contributed by atoms with Gasteiger partial charge in [-0.25, -0.2) is 13.8 Å². The molecule has 1 aromatic heterocycles. The van der Waals surface area contributed by atoms with Crippen LogP contribution in [0.15, 0.2) is 36.5 Å². The highest BCUT2D eigenvalue weighted by Gasteiger charge is 2.04. The maximum absolute atomic E-state index is 12.9. The highest BCUT2D eigenvalue weighted by Crippen LogP contribution is 2.21. The Kier molecular flexibility index (Phi) is 2.64. The lowest BCUT2D eigenvalue weighted by Gasteiger charge is -2.01. The lowest BCUT2D eigenvalue weighted by molar-refractivity contribution is 0.509. The maximum Gasteiger partial charge on any atom is 0.159 e. The van der Waals surface area contributed by atoms with E-state index in [1.54, 1.807) is 12.1 Å². The van der Waals surface area contributed by atoms with Crippen LogP contribution in [0.1, 0.15) is 0 Å². The molecule has 0 fully saturated rings. The molecule has 4 heteroatoms. The molecular formula is C11H6ClF2N. The first-order valence-electron chi connectivity index (χ1n) is 4.24. The van der Waals surface area contributed by atoms with Crippen molar-refractivity contribution < 1.29 is 8.78 Å². The summed E-state index contributed by atoms with van der Waals surface area (Å²) in [5, 5.41) is 0.362. The summed E-state index contributed by atoms with van der Waals surface area (Å²) in [7, 11) is 0. The fourth-order valence-electron chi connectivity index (χ4n) is 1.22. The van der Waals surface area contributed by atoms with E-state index in [-0.39, 0.29) is 0 Å². The third kappa shape index (κ3) is 2.13. The standard InChI is InChI=1S/C11H6ClF2N/c12-11-4-2-8(6-15-11)7-1-3-9(13)10(14)5-7/h1-6H. The Morgan fingerprint density at radius 2 is 1.67 bits per heavy atom. The van der Waals surface area contributed by atoms with Crippen molar-refractivity contribution in [2.24, 2.45) is 0 Å². The van der Waals surface area contributed by atoms with Gasteiger partial charge in [0.1, 0.15) is 5.15 Å². The Morgan fingerprint density at radius 1 is 0.933 bits per heavy atom. The van der Waals surface area contributed by atoms with Gasteiger partial charge in [-0.1, -0.05) is 17.7 Å².